The highest BCUT2D eigenvalue weighted by Gasteiger charge is 2.24. The molecule has 0 aromatic heterocycles. The molecule has 0 bridgehead atoms. The molecule has 5 nitrogen and oxygen atoms in total. The van der Waals surface area contributed by atoms with Crippen molar-refractivity contribution in [1.82, 2.24) is 10.6 Å². The standard InChI is InChI=1S/C11H23N3O2/c1-16-8-9(4-2-6-12)14-10-5-3-7-13-11(10)15/h9-10,14H,2-8,12H2,1H3,(H,13,15). The predicted octanol–water partition coefficient (Wildman–Crippen LogP) is -0.391. The van der Waals surface area contributed by atoms with Crippen LogP contribution in [0.15, 0.2) is 0 Å². The van der Waals surface area contributed by atoms with Gasteiger partial charge >= 0.3 is 0 Å². The van der Waals surface area contributed by atoms with Gasteiger partial charge in [0.1, 0.15) is 0 Å². The molecule has 1 rings (SSSR count). The SMILES string of the molecule is COCC(CCCN)NC1CCCNC1=O. The van der Waals surface area contributed by atoms with Gasteiger partial charge in [0.15, 0.2) is 0 Å². The van der Waals surface area contributed by atoms with E-state index in [1.165, 1.54) is 0 Å². The maximum atomic E-state index is 11.6. The van der Waals surface area contributed by atoms with Gasteiger partial charge in [-0.2, -0.15) is 0 Å². The first-order valence-corrected chi connectivity index (χ1v) is 6.00. The second-order valence-corrected chi connectivity index (χ2v) is 4.24. The molecule has 1 amide bonds. The van der Waals surface area contributed by atoms with E-state index in [2.05, 4.69) is 10.6 Å². The van der Waals surface area contributed by atoms with Crippen LogP contribution >= 0.6 is 0 Å². The Morgan fingerprint density at radius 2 is 2.50 bits per heavy atom. The summed E-state index contributed by atoms with van der Waals surface area (Å²) in [7, 11) is 1.68. The largest absolute Gasteiger partial charge is 0.383 e. The Morgan fingerprint density at radius 3 is 3.12 bits per heavy atom. The average molecular weight is 229 g/mol. The Labute approximate surface area is 97.1 Å². The molecular formula is C11H23N3O2. The van der Waals surface area contributed by atoms with Crippen molar-refractivity contribution in [2.24, 2.45) is 5.73 Å². The number of ether oxygens (including phenoxy) is 1. The topological polar surface area (TPSA) is 76.4 Å². The molecule has 2 atom stereocenters. The third-order valence-electron chi connectivity index (χ3n) is 2.85. The maximum Gasteiger partial charge on any atom is 0.237 e. The Bertz CT molecular complexity index is 211. The first-order valence-electron chi connectivity index (χ1n) is 6.00. The van der Waals surface area contributed by atoms with Gasteiger partial charge in [-0.15, -0.1) is 0 Å². The molecule has 1 fully saturated rings. The number of carbonyl (C=O) groups is 1. The monoisotopic (exact) mass is 229 g/mol. The molecule has 0 aromatic rings. The Hall–Kier alpha value is -0.650. The predicted molar refractivity (Wildman–Crippen MR) is 63.1 cm³/mol. The van der Waals surface area contributed by atoms with Gasteiger partial charge in [0.2, 0.25) is 5.91 Å². The number of rotatable bonds is 7. The highest BCUT2D eigenvalue weighted by Crippen LogP contribution is 2.06. The fourth-order valence-corrected chi connectivity index (χ4v) is 2.00. The molecule has 4 N–H and O–H groups in total. The van der Waals surface area contributed by atoms with Crippen LogP contribution in [0.5, 0.6) is 0 Å². The van der Waals surface area contributed by atoms with Crippen LogP contribution in [0, 0.1) is 0 Å². The minimum absolute atomic E-state index is 0.0633. The van der Waals surface area contributed by atoms with Gasteiger partial charge in [0.25, 0.3) is 0 Å². The molecule has 5 heteroatoms. The van der Waals surface area contributed by atoms with E-state index < -0.39 is 0 Å². The van der Waals surface area contributed by atoms with Crippen LogP contribution in [0.25, 0.3) is 0 Å². The van der Waals surface area contributed by atoms with Crippen LogP contribution in [-0.4, -0.2) is 44.8 Å². The maximum absolute atomic E-state index is 11.6. The molecule has 16 heavy (non-hydrogen) atoms. The number of hydrogen-bond acceptors (Lipinski definition) is 4. The van der Waals surface area contributed by atoms with Crippen molar-refractivity contribution in [3.05, 3.63) is 0 Å². The van der Waals surface area contributed by atoms with Crippen molar-refractivity contribution in [2.75, 3.05) is 26.8 Å². The second-order valence-electron chi connectivity index (χ2n) is 4.24. The zero-order chi connectivity index (χ0) is 11.8. The minimum atomic E-state index is -0.0633. The Morgan fingerprint density at radius 1 is 1.69 bits per heavy atom. The van der Waals surface area contributed by atoms with Crippen molar-refractivity contribution in [3.8, 4) is 0 Å². The molecule has 0 spiro atoms. The van der Waals surface area contributed by atoms with Crippen LogP contribution in [0.4, 0.5) is 0 Å². The molecule has 1 aliphatic rings. The van der Waals surface area contributed by atoms with Crippen molar-refractivity contribution in [2.45, 2.75) is 37.8 Å². The van der Waals surface area contributed by atoms with Crippen LogP contribution < -0.4 is 16.4 Å². The lowest BCUT2D eigenvalue weighted by molar-refractivity contribution is -0.124. The number of methoxy groups -OCH3 is 1. The van der Waals surface area contributed by atoms with E-state index in [-0.39, 0.29) is 18.0 Å². The molecule has 1 saturated heterocycles. The normalized spacial score (nSPS) is 22.9. The summed E-state index contributed by atoms with van der Waals surface area (Å²) in [5, 5.41) is 6.22. The van der Waals surface area contributed by atoms with E-state index in [9.17, 15) is 4.79 Å². The highest BCUT2D eigenvalue weighted by atomic mass is 16.5. The summed E-state index contributed by atoms with van der Waals surface area (Å²) in [5.74, 6) is 0.111. The summed E-state index contributed by atoms with van der Waals surface area (Å²) < 4.78 is 5.14. The zero-order valence-corrected chi connectivity index (χ0v) is 10.00. The molecule has 1 aliphatic heterocycles. The van der Waals surface area contributed by atoms with Gasteiger partial charge in [-0.25, -0.2) is 0 Å². The van der Waals surface area contributed by atoms with Crippen molar-refractivity contribution < 1.29 is 9.53 Å². The van der Waals surface area contributed by atoms with E-state index in [4.69, 9.17) is 10.5 Å². The van der Waals surface area contributed by atoms with Gasteiger partial charge in [-0.05, 0) is 32.2 Å². The molecule has 0 aliphatic carbocycles. The van der Waals surface area contributed by atoms with Crippen LogP contribution in [-0.2, 0) is 9.53 Å². The highest BCUT2D eigenvalue weighted by molar-refractivity contribution is 5.82. The quantitative estimate of drug-likeness (QED) is 0.555. The first kappa shape index (κ1) is 13.4. The van der Waals surface area contributed by atoms with Crippen molar-refractivity contribution >= 4 is 5.91 Å². The summed E-state index contributed by atoms with van der Waals surface area (Å²) in [5.41, 5.74) is 5.49. The molecule has 0 aromatic carbocycles. The average Bonchev–Trinajstić information content (AvgIpc) is 2.29. The number of hydrogen-bond donors (Lipinski definition) is 3. The lowest BCUT2D eigenvalue weighted by Crippen LogP contribution is -2.52. The van der Waals surface area contributed by atoms with E-state index in [1.54, 1.807) is 7.11 Å². The molecule has 0 radical (unpaired) electrons. The van der Waals surface area contributed by atoms with Gasteiger partial charge in [0.05, 0.1) is 12.6 Å². The first-order chi connectivity index (χ1) is 7.77. The van der Waals surface area contributed by atoms with Crippen molar-refractivity contribution in [3.63, 3.8) is 0 Å². The molecular weight excluding hydrogens is 206 g/mol. The number of piperidine rings is 1. The summed E-state index contributed by atoms with van der Waals surface area (Å²) in [6.45, 7) is 2.11. The summed E-state index contributed by atoms with van der Waals surface area (Å²) in [6.07, 6.45) is 3.86. The van der Waals surface area contributed by atoms with E-state index >= 15 is 0 Å². The molecule has 0 saturated carbocycles. The third-order valence-corrected chi connectivity index (χ3v) is 2.85. The summed E-state index contributed by atoms with van der Waals surface area (Å²) in [6, 6.07) is 0.161. The van der Waals surface area contributed by atoms with Gasteiger partial charge < -0.3 is 21.1 Å². The van der Waals surface area contributed by atoms with Crippen molar-refractivity contribution in [1.29, 1.82) is 0 Å². The lowest BCUT2D eigenvalue weighted by Gasteiger charge is -2.27. The number of nitrogens with two attached hydrogens (primary N) is 1. The number of amides is 1. The van der Waals surface area contributed by atoms with E-state index in [0.717, 1.165) is 32.2 Å². The third kappa shape index (κ3) is 4.47. The lowest BCUT2D eigenvalue weighted by atomic mass is 10.0. The van der Waals surface area contributed by atoms with Crippen LogP contribution in [0.2, 0.25) is 0 Å². The van der Waals surface area contributed by atoms with E-state index in [1.807, 2.05) is 0 Å². The number of nitrogens with one attached hydrogen (secondary N) is 2. The van der Waals surface area contributed by atoms with Gasteiger partial charge in [0, 0.05) is 19.7 Å². The summed E-state index contributed by atoms with van der Waals surface area (Å²) >= 11 is 0. The van der Waals surface area contributed by atoms with Gasteiger partial charge in [-0.1, -0.05) is 0 Å². The smallest absolute Gasteiger partial charge is 0.237 e. The van der Waals surface area contributed by atoms with Crippen LogP contribution in [0.3, 0.4) is 0 Å². The fraction of sp³-hybridized carbons (Fsp3) is 0.909. The molecule has 94 valence electrons. The summed E-state index contributed by atoms with van der Waals surface area (Å²) in [4.78, 5) is 11.6. The minimum Gasteiger partial charge on any atom is -0.383 e. The Balaban J connectivity index is 2.36. The second kappa shape index (κ2) is 7.60. The fourth-order valence-electron chi connectivity index (χ4n) is 2.00. The van der Waals surface area contributed by atoms with Crippen LogP contribution in [0.1, 0.15) is 25.7 Å². The Kier molecular flexibility index (Phi) is 6.37. The molecule has 1 heterocycles. The number of carbonyl (C=O) groups excluding carboxylic acids is 1. The molecule has 2 unspecified atom stereocenters. The zero-order valence-electron chi connectivity index (χ0n) is 10.00. The van der Waals surface area contributed by atoms with Gasteiger partial charge in [-0.3, -0.25) is 4.79 Å². The van der Waals surface area contributed by atoms with E-state index in [0.29, 0.717) is 13.2 Å².